The van der Waals surface area contributed by atoms with E-state index in [1.165, 1.54) is 0 Å². The Morgan fingerprint density at radius 1 is 1.24 bits per heavy atom. The van der Waals surface area contributed by atoms with Crippen LogP contribution in [0.4, 0.5) is 5.69 Å². The highest BCUT2D eigenvalue weighted by Crippen LogP contribution is 2.31. The fourth-order valence-electron chi connectivity index (χ4n) is 2.78. The average molecular weight is 342 g/mol. The van der Waals surface area contributed by atoms with E-state index in [1.54, 1.807) is 37.7 Å². The first-order chi connectivity index (χ1) is 12.1. The number of carbonyl (C=O) groups is 1. The molecule has 1 N–H and O–H groups in total. The minimum atomic E-state index is -0.201. The van der Waals surface area contributed by atoms with E-state index in [4.69, 9.17) is 14.2 Å². The van der Waals surface area contributed by atoms with Gasteiger partial charge in [0.1, 0.15) is 6.10 Å². The molecule has 0 aliphatic carbocycles. The minimum Gasteiger partial charge on any atom is -0.493 e. The van der Waals surface area contributed by atoms with Crippen molar-refractivity contribution < 1.29 is 19.0 Å². The molecule has 2 aromatic rings. The molecule has 132 valence electrons. The predicted octanol–water partition coefficient (Wildman–Crippen LogP) is 3.13. The molecular formula is C19H22N2O4. The molecule has 6 heteroatoms. The van der Waals surface area contributed by atoms with E-state index in [9.17, 15) is 4.79 Å². The lowest BCUT2D eigenvalue weighted by molar-refractivity contribution is 0.102. The molecule has 1 unspecified atom stereocenters. The smallest absolute Gasteiger partial charge is 0.255 e. The Balaban J connectivity index is 1.82. The number of aryl methyl sites for hydroxylation is 2. The molecule has 2 heterocycles. The monoisotopic (exact) mass is 342 g/mol. The summed E-state index contributed by atoms with van der Waals surface area (Å²) >= 11 is 0. The Morgan fingerprint density at radius 2 is 2.00 bits per heavy atom. The van der Waals surface area contributed by atoms with Gasteiger partial charge in [0.15, 0.2) is 11.5 Å². The third kappa shape index (κ3) is 3.91. The number of methoxy groups -OCH3 is 1. The van der Waals surface area contributed by atoms with Crippen molar-refractivity contribution in [2.75, 3.05) is 25.6 Å². The second-order valence-corrected chi connectivity index (χ2v) is 6.07. The fourth-order valence-corrected chi connectivity index (χ4v) is 2.78. The van der Waals surface area contributed by atoms with E-state index in [1.807, 2.05) is 13.8 Å². The number of nitrogens with zero attached hydrogens (tertiary/aromatic N) is 1. The van der Waals surface area contributed by atoms with Crippen molar-refractivity contribution in [3.8, 4) is 11.5 Å². The van der Waals surface area contributed by atoms with Crippen LogP contribution in [0.5, 0.6) is 11.5 Å². The topological polar surface area (TPSA) is 69.7 Å². The van der Waals surface area contributed by atoms with Crippen molar-refractivity contribution in [1.29, 1.82) is 0 Å². The second kappa shape index (κ2) is 7.53. The zero-order valence-electron chi connectivity index (χ0n) is 14.7. The molecule has 1 atom stereocenters. The number of nitrogens with one attached hydrogen (secondary N) is 1. The fraction of sp³-hybridized carbons (Fsp3) is 0.368. The van der Waals surface area contributed by atoms with Crippen LogP contribution in [0, 0.1) is 13.8 Å². The Kier molecular flexibility index (Phi) is 5.19. The van der Waals surface area contributed by atoms with E-state index >= 15 is 0 Å². The number of hydrogen-bond acceptors (Lipinski definition) is 5. The number of aromatic nitrogens is 1. The quantitative estimate of drug-likeness (QED) is 0.904. The zero-order chi connectivity index (χ0) is 17.8. The van der Waals surface area contributed by atoms with Crippen molar-refractivity contribution >= 4 is 11.6 Å². The Bertz CT molecular complexity index is 750. The summed E-state index contributed by atoms with van der Waals surface area (Å²) in [5, 5.41) is 2.95. The number of benzene rings is 1. The number of pyridine rings is 1. The van der Waals surface area contributed by atoms with E-state index < -0.39 is 0 Å². The van der Waals surface area contributed by atoms with Gasteiger partial charge in [0.2, 0.25) is 0 Å². The van der Waals surface area contributed by atoms with Crippen LogP contribution in [0.1, 0.15) is 27.9 Å². The summed E-state index contributed by atoms with van der Waals surface area (Å²) in [5.41, 5.74) is 3.12. The lowest BCUT2D eigenvalue weighted by Gasteiger charge is -2.16. The normalized spacial score (nSPS) is 16.5. The van der Waals surface area contributed by atoms with Crippen molar-refractivity contribution in [2.45, 2.75) is 26.4 Å². The summed E-state index contributed by atoms with van der Waals surface area (Å²) in [4.78, 5) is 16.8. The van der Waals surface area contributed by atoms with E-state index in [2.05, 4.69) is 10.3 Å². The van der Waals surface area contributed by atoms with Gasteiger partial charge in [0.25, 0.3) is 5.91 Å². The second-order valence-electron chi connectivity index (χ2n) is 6.07. The molecule has 0 bridgehead atoms. The van der Waals surface area contributed by atoms with Gasteiger partial charge in [0.05, 0.1) is 20.3 Å². The van der Waals surface area contributed by atoms with E-state index in [0.717, 1.165) is 23.2 Å². The number of rotatable bonds is 5. The molecule has 0 spiro atoms. The molecule has 0 radical (unpaired) electrons. The Hall–Kier alpha value is -2.60. The molecular weight excluding hydrogens is 320 g/mol. The number of ether oxygens (including phenoxy) is 3. The van der Waals surface area contributed by atoms with Gasteiger partial charge in [-0.25, -0.2) is 0 Å². The van der Waals surface area contributed by atoms with Gasteiger partial charge < -0.3 is 19.5 Å². The standard InChI is InChI=1S/C19H22N2O4/c1-12-9-20-10-13(2)18(12)21-19(22)14-4-5-16(23-3)17(8-14)25-15-6-7-24-11-15/h4-5,8-10,15H,6-7,11H2,1-3H3,(H,20,21,22). The van der Waals surface area contributed by atoms with Crippen molar-refractivity contribution in [2.24, 2.45) is 0 Å². The highest BCUT2D eigenvalue weighted by molar-refractivity contribution is 6.05. The van der Waals surface area contributed by atoms with Crippen LogP contribution in [0.15, 0.2) is 30.6 Å². The molecule has 1 aliphatic rings. The molecule has 1 fully saturated rings. The van der Waals surface area contributed by atoms with Gasteiger partial charge in [-0.15, -0.1) is 0 Å². The first-order valence-corrected chi connectivity index (χ1v) is 8.23. The predicted molar refractivity (Wildman–Crippen MR) is 94.5 cm³/mol. The molecule has 25 heavy (non-hydrogen) atoms. The van der Waals surface area contributed by atoms with Gasteiger partial charge in [-0.05, 0) is 43.2 Å². The van der Waals surface area contributed by atoms with Crippen molar-refractivity contribution in [1.82, 2.24) is 4.98 Å². The van der Waals surface area contributed by atoms with Gasteiger partial charge in [0, 0.05) is 30.1 Å². The van der Waals surface area contributed by atoms with Crippen LogP contribution in [-0.2, 0) is 4.74 Å². The summed E-state index contributed by atoms with van der Waals surface area (Å²) in [7, 11) is 1.58. The molecule has 1 saturated heterocycles. The summed E-state index contributed by atoms with van der Waals surface area (Å²) in [6.07, 6.45) is 4.27. The third-order valence-corrected chi connectivity index (χ3v) is 4.17. The minimum absolute atomic E-state index is 0.0168. The lowest BCUT2D eigenvalue weighted by atomic mass is 10.1. The first-order valence-electron chi connectivity index (χ1n) is 8.23. The summed E-state index contributed by atoms with van der Waals surface area (Å²) in [5.74, 6) is 0.945. The van der Waals surface area contributed by atoms with Crippen LogP contribution in [0.25, 0.3) is 0 Å². The van der Waals surface area contributed by atoms with Gasteiger partial charge in [-0.1, -0.05) is 0 Å². The van der Waals surface area contributed by atoms with Crippen molar-refractivity contribution in [3.63, 3.8) is 0 Å². The molecule has 6 nitrogen and oxygen atoms in total. The number of anilines is 1. The molecule has 3 rings (SSSR count). The SMILES string of the molecule is COc1ccc(C(=O)Nc2c(C)cncc2C)cc1OC1CCOC1. The Labute approximate surface area is 147 Å². The molecule has 1 amide bonds. The molecule has 1 aromatic carbocycles. The largest absolute Gasteiger partial charge is 0.493 e. The van der Waals surface area contributed by atoms with Crippen LogP contribution < -0.4 is 14.8 Å². The maximum absolute atomic E-state index is 12.7. The third-order valence-electron chi connectivity index (χ3n) is 4.17. The summed E-state index contributed by atoms with van der Waals surface area (Å²) in [6, 6.07) is 5.17. The lowest BCUT2D eigenvalue weighted by Crippen LogP contribution is -2.18. The van der Waals surface area contributed by atoms with Gasteiger partial charge in [-0.3, -0.25) is 9.78 Å². The Morgan fingerprint density at radius 3 is 2.64 bits per heavy atom. The molecule has 0 saturated carbocycles. The maximum atomic E-state index is 12.7. The van der Waals surface area contributed by atoms with Crippen LogP contribution >= 0.6 is 0 Å². The summed E-state index contributed by atoms with van der Waals surface area (Å²) in [6.45, 7) is 5.07. The maximum Gasteiger partial charge on any atom is 0.255 e. The number of carbonyl (C=O) groups excluding carboxylic acids is 1. The van der Waals surface area contributed by atoms with Crippen LogP contribution in [0.3, 0.4) is 0 Å². The van der Waals surface area contributed by atoms with Gasteiger partial charge >= 0.3 is 0 Å². The molecule has 1 aliphatic heterocycles. The number of hydrogen-bond donors (Lipinski definition) is 1. The molecule has 1 aromatic heterocycles. The van der Waals surface area contributed by atoms with Gasteiger partial charge in [-0.2, -0.15) is 0 Å². The van der Waals surface area contributed by atoms with E-state index in [0.29, 0.717) is 30.3 Å². The van der Waals surface area contributed by atoms with Crippen molar-refractivity contribution in [3.05, 3.63) is 47.3 Å². The average Bonchev–Trinajstić information content (AvgIpc) is 3.11. The number of amides is 1. The van der Waals surface area contributed by atoms with E-state index in [-0.39, 0.29) is 12.0 Å². The van der Waals surface area contributed by atoms with Crippen LogP contribution in [0.2, 0.25) is 0 Å². The first kappa shape index (κ1) is 17.2. The highest BCUT2D eigenvalue weighted by Gasteiger charge is 2.20. The summed E-state index contributed by atoms with van der Waals surface area (Å²) < 4.78 is 16.6. The highest BCUT2D eigenvalue weighted by atomic mass is 16.6. The van der Waals surface area contributed by atoms with Crippen LogP contribution in [-0.4, -0.2) is 37.3 Å². The zero-order valence-corrected chi connectivity index (χ0v) is 14.7.